The van der Waals surface area contributed by atoms with E-state index >= 15 is 0 Å². The number of aliphatic hydroxyl groups is 1. The molecule has 0 radical (unpaired) electrons. The van der Waals surface area contributed by atoms with Crippen molar-refractivity contribution in [1.29, 1.82) is 0 Å². The average molecular weight is 236 g/mol. The molecule has 15 heavy (non-hydrogen) atoms. The first-order valence-corrected chi connectivity index (χ1v) is 5.38. The highest BCUT2D eigenvalue weighted by atomic mass is 32.1. The predicted molar refractivity (Wildman–Crippen MR) is 55.3 cm³/mol. The van der Waals surface area contributed by atoms with Gasteiger partial charge in [-0.15, -0.1) is 11.3 Å². The third kappa shape index (κ3) is 3.81. The number of alkyl halides is 2. The van der Waals surface area contributed by atoms with Crippen LogP contribution in [0, 0.1) is 13.8 Å². The minimum absolute atomic E-state index is 0.368. The van der Waals surface area contributed by atoms with Crippen LogP contribution in [0.15, 0.2) is 0 Å². The van der Waals surface area contributed by atoms with Crippen molar-refractivity contribution in [2.24, 2.45) is 0 Å². The van der Waals surface area contributed by atoms with E-state index < -0.39 is 19.1 Å². The Labute approximate surface area is 91.2 Å². The second-order valence-electron chi connectivity index (χ2n) is 3.36. The van der Waals surface area contributed by atoms with Crippen molar-refractivity contribution in [3.63, 3.8) is 0 Å². The molecule has 0 atom stereocenters. The first-order chi connectivity index (χ1) is 6.94. The number of aliphatic hydroxyl groups excluding tert-OH is 1. The molecule has 2 N–H and O–H groups in total. The molecule has 0 saturated heterocycles. The highest BCUT2D eigenvalue weighted by molar-refractivity contribution is 7.11. The lowest BCUT2D eigenvalue weighted by molar-refractivity contribution is -0.0477. The number of aromatic nitrogens is 1. The molecule has 3 nitrogen and oxygen atoms in total. The summed E-state index contributed by atoms with van der Waals surface area (Å²) >= 11 is 1.49. The lowest BCUT2D eigenvalue weighted by atomic mass is 10.3. The molecule has 1 heterocycles. The van der Waals surface area contributed by atoms with Gasteiger partial charge in [-0.25, -0.2) is 13.8 Å². The van der Waals surface area contributed by atoms with Gasteiger partial charge in [0.25, 0.3) is 5.92 Å². The van der Waals surface area contributed by atoms with Crippen molar-refractivity contribution in [3.8, 4) is 0 Å². The Kier molecular flexibility index (Phi) is 4.12. The molecule has 0 saturated carbocycles. The number of rotatable bonds is 5. The minimum Gasteiger partial charge on any atom is -0.390 e. The van der Waals surface area contributed by atoms with Crippen molar-refractivity contribution >= 4 is 11.3 Å². The van der Waals surface area contributed by atoms with Crippen molar-refractivity contribution in [2.75, 3.05) is 13.2 Å². The van der Waals surface area contributed by atoms with E-state index in [-0.39, 0.29) is 0 Å². The Morgan fingerprint density at radius 2 is 2.13 bits per heavy atom. The van der Waals surface area contributed by atoms with E-state index in [9.17, 15) is 8.78 Å². The van der Waals surface area contributed by atoms with Gasteiger partial charge in [-0.3, -0.25) is 0 Å². The molecule has 0 unspecified atom stereocenters. The van der Waals surface area contributed by atoms with Crippen LogP contribution in [-0.2, 0) is 6.54 Å². The Morgan fingerprint density at radius 1 is 1.47 bits per heavy atom. The van der Waals surface area contributed by atoms with Gasteiger partial charge in [0.15, 0.2) is 0 Å². The maximum Gasteiger partial charge on any atom is 0.282 e. The van der Waals surface area contributed by atoms with E-state index in [0.717, 1.165) is 15.6 Å². The zero-order chi connectivity index (χ0) is 11.5. The fourth-order valence-electron chi connectivity index (χ4n) is 1.15. The Bertz CT molecular complexity index is 328. The predicted octanol–water partition coefficient (Wildman–Crippen LogP) is 1.48. The highest BCUT2D eigenvalue weighted by Gasteiger charge is 2.26. The molecule has 0 aliphatic rings. The summed E-state index contributed by atoms with van der Waals surface area (Å²) in [5, 5.41) is 11.9. The molecule has 0 bridgehead atoms. The summed E-state index contributed by atoms with van der Waals surface area (Å²) in [5.74, 6) is -3.05. The van der Waals surface area contributed by atoms with Gasteiger partial charge in [0.05, 0.1) is 17.2 Å². The summed E-state index contributed by atoms with van der Waals surface area (Å²) in [7, 11) is 0. The Hall–Kier alpha value is -0.590. The molecular formula is C9H14F2N2OS. The van der Waals surface area contributed by atoms with Crippen molar-refractivity contribution in [2.45, 2.75) is 26.3 Å². The summed E-state index contributed by atoms with van der Waals surface area (Å²) in [5.41, 5.74) is 0.873. The highest BCUT2D eigenvalue weighted by Crippen LogP contribution is 2.17. The molecule has 0 aromatic carbocycles. The van der Waals surface area contributed by atoms with Crippen LogP contribution in [0.2, 0.25) is 0 Å². The molecule has 0 aliphatic heterocycles. The van der Waals surface area contributed by atoms with Gasteiger partial charge < -0.3 is 10.4 Å². The van der Waals surface area contributed by atoms with Crippen LogP contribution in [-0.4, -0.2) is 29.2 Å². The van der Waals surface area contributed by atoms with Crippen molar-refractivity contribution in [3.05, 3.63) is 15.6 Å². The summed E-state index contributed by atoms with van der Waals surface area (Å²) in [4.78, 5) is 5.15. The second kappa shape index (κ2) is 4.96. The first kappa shape index (κ1) is 12.5. The van der Waals surface area contributed by atoms with Gasteiger partial charge >= 0.3 is 0 Å². The van der Waals surface area contributed by atoms with E-state index in [1.807, 2.05) is 13.8 Å². The van der Waals surface area contributed by atoms with E-state index in [4.69, 9.17) is 5.11 Å². The maximum absolute atomic E-state index is 12.6. The van der Waals surface area contributed by atoms with Gasteiger partial charge in [0, 0.05) is 11.4 Å². The Morgan fingerprint density at radius 3 is 2.60 bits per heavy atom. The normalized spacial score (nSPS) is 12.1. The van der Waals surface area contributed by atoms with E-state index in [1.165, 1.54) is 11.3 Å². The lowest BCUT2D eigenvalue weighted by Gasteiger charge is -2.13. The third-order valence-corrected chi connectivity index (χ3v) is 2.97. The van der Waals surface area contributed by atoms with Crippen molar-refractivity contribution < 1.29 is 13.9 Å². The molecule has 0 fully saturated rings. The topological polar surface area (TPSA) is 45.2 Å². The molecule has 86 valence electrons. The molecular weight excluding hydrogens is 222 g/mol. The van der Waals surface area contributed by atoms with E-state index in [2.05, 4.69) is 10.3 Å². The molecule has 1 rings (SSSR count). The zero-order valence-corrected chi connectivity index (χ0v) is 9.50. The monoisotopic (exact) mass is 236 g/mol. The smallest absolute Gasteiger partial charge is 0.282 e. The van der Waals surface area contributed by atoms with Crippen LogP contribution in [0.5, 0.6) is 0 Å². The third-order valence-electron chi connectivity index (χ3n) is 1.90. The lowest BCUT2D eigenvalue weighted by Crippen LogP contribution is -2.35. The number of thiazole rings is 1. The van der Waals surface area contributed by atoms with Crippen LogP contribution >= 0.6 is 11.3 Å². The SMILES string of the molecule is Cc1nc(C)c(CNCC(F)(F)CO)s1. The molecule has 1 aromatic rings. The molecule has 6 heteroatoms. The number of aryl methyl sites for hydroxylation is 2. The Balaban J connectivity index is 2.41. The van der Waals surface area contributed by atoms with Gasteiger partial charge in [0.1, 0.15) is 6.61 Å². The maximum atomic E-state index is 12.6. The van der Waals surface area contributed by atoms with E-state index in [1.54, 1.807) is 0 Å². The molecule has 1 aromatic heterocycles. The largest absolute Gasteiger partial charge is 0.390 e. The van der Waals surface area contributed by atoms with Crippen LogP contribution < -0.4 is 5.32 Å². The number of hydrogen-bond acceptors (Lipinski definition) is 4. The second-order valence-corrected chi connectivity index (χ2v) is 4.65. The van der Waals surface area contributed by atoms with Gasteiger partial charge in [-0.1, -0.05) is 0 Å². The summed E-state index contributed by atoms with van der Waals surface area (Å²) < 4.78 is 25.3. The number of halogens is 2. The summed E-state index contributed by atoms with van der Waals surface area (Å²) in [6.45, 7) is 2.46. The van der Waals surface area contributed by atoms with E-state index in [0.29, 0.717) is 6.54 Å². The van der Waals surface area contributed by atoms with Gasteiger partial charge in [-0.05, 0) is 13.8 Å². The molecule has 0 spiro atoms. The van der Waals surface area contributed by atoms with Crippen LogP contribution in [0.4, 0.5) is 8.78 Å². The quantitative estimate of drug-likeness (QED) is 0.814. The van der Waals surface area contributed by atoms with Crippen LogP contribution in [0.3, 0.4) is 0 Å². The van der Waals surface area contributed by atoms with Crippen molar-refractivity contribution in [1.82, 2.24) is 10.3 Å². The fraction of sp³-hybridized carbons (Fsp3) is 0.667. The van der Waals surface area contributed by atoms with Crippen LogP contribution in [0.1, 0.15) is 15.6 Å². The average Bonchev–Trinajstić information content (AvgIpc) is 2.45. The number of hydrogen-bond donors (Lipinski definition) is 2. The van der Waals surface area contributed by atoms with Gasteiger partial charge in [-0.2, -0.15) is 0 Å². The standard InChI is InChI=1S/C9H14F2N2OS/c1-6-8(15-7(2)13-6)3-12-4-9(10,11)5-14/h12,14H,3-5H2,1-2H3. The van der Waals surface area contributed by atoms with Gasteiger partial charge in [0.2, 0.25) is 0 Å². The first-order valence-electron chi connectivity index (χ1n) is 4.57. The number of nitrogens with one attached hydrogen (secondary N) is 1. The van der Waals surface area contributed by atoms with Crippen LogP contribution in [0.25, 0.3) is 0 Å². The zero-order valence-electron chi connectivity index (χ0n) is 8.68. The fourth-order valence-corrected chi connectivity index (χ4v) is 2.06. The summed E-state index contributed by atoms with van der Waals surface area (Å²) in [6, 6.07) is 0. The molecule has 0 aliphatic carbocycles. The number of nitrogens with zero attached hydrogens (tertiary/aromatic N) is 1. The summed E-state index contributed by atoms with van der Waals surface area (Å²) in [6.07, 6.45) is 0. The minimum atomic E-state index is -3.05. The molecule has 0 amide bonds.